The molecule has 0 aliphatic rings. The summed E-state index contributed by atoms with van der Waals surface area (Å²) in [5, 5.41) is 0. The summed E-state index contributed by atoms with van der Waals surface area (Å²) in [6, 6.07) is 5.53. The minimum atomic E-state index is -0.339. The van der Waals surface area contributed by atoms with Gasteiger partial charge in [-0.05, 0) is 40.0 Å². The van der Waals surface area contributed by atoms with Crippen LogP contribution in [0.15, 0.2) is 22.7 Å². The molecule has 0 aliphatic carbocycles. The molecule has 0 aliphatic heterocycles. The molecule has 1 rings (SSSR count). The molecule has 0 aromatic heterocycles. The van der Waals surface area contributed by atoms with Gasteiger partial charge >= 0.3 is 0 Å². The van der Waals surface area contributed by atoms with Crippen LogP contribution in [0.3, 0.4) is 0 Å². The van der Waals surface area contributed by atoms with E-state index in [0.29, 0.717) is 11.6 Å². The lowest BCUT2D eigenvalue weighted by Gasteiger charge is -2.26. The number of primary amides is 1. The summed E-state index contributed by atoms with van der Waals surface area (Å²) in [4.78, 5) is 13.0. The highest BCUT2D eigenvalue weighted by Crippen LogP contribution is 2.28. The Morgan fingerprint density at radius 1 is 1.47 bits per heavy atom. The van der Waals surface area contributed by atoms with Crippen molar-refractivity contribution in [3.05, 3.63) is 22.7 Å². The van der Waals surface area contributed by atoms with Gasteiger partial charge in [-0.3, -0.25) is 4.79 Å². The summed E-state index contributed by atoms with van der Waals surface area (Å²) in [5.74, 6) is 0.105. The number of hydrogen-bond acceptors (Lipinski definition) is 3. The van der Waals surface area contributed by atoms with Crippen molar-refractivity contribution < 1.29 is 4.79 Å². The van der Waals surface area contributed by atoms with E-state index in [-0.39, 0.29) is 12.5 Å². The third kappa shape index (κ3) is 4.26. The van der Waals surface area contributed by atoms with Crippen molar-refractivity contribution in [2.75, 3.05) is 23.7 Å². The first kappa shape index (κ1) is 13.8. The zero-order valence-corrected chi connectivity index (χ0v) is 11.7. The van der Waals surface area contributed by atoms with Gasteiger partial charge in [0.2, 0.25) is 5.91 Å². The molecule has 4 N–H and O–H groups in total. The summed E-state index contributed by atoms with van der Waals surface area (Å²) < 4.78 is 0.874. The Labute approximate surface area is 110 Å². The number of amides is 1. The van der Waals surface area contributed by atoms with Gasteiger partial charge in [0.05, 0.1) is 12.2 Å². The highest BCUT2D eigenvalue weighted by molar-refractivity contribution is 9.10. The van der Waals surface area contributed by atoms with Crippen LogP contribution in [0, 0.1) is 5.92 Å². The largest absolute Gasteiger partial charge is 0.399 e. The molecule has 0 spiro atoms. The van der Waals surface area contributed by atoms with E-state index in [2.05, 4.69) is 29.8 Å². The number of carbonyl (C=O) groups excluding carboxylic acids is 1. The summed E-state index contributed by atoms with van der Waals surface area (Å²) in [5.41, 5.74) is 12.6. The van der Waals surface area contributed by atoms with E-state index in [4.69, 9.17) is 11.5 Å². The van der Waals surface area contributed by atoms with Gasteiger partial charge in [0.15, 0.2) is 0 Å². The highest BCUT2D eigenvalue weighted by Gasteiger charge is 2.14. The Morgan fingerprint density at radius 3 is 2.59 bits per heavy atom. The van der Waals surface area contributed by atoms with Crippen LogP contribution in [-0.4, -0.2) is 19.0 Å². The number of anilines is 2. The maximum atomic E-state index is 11.1. The third-order valence-corrected chi connectivity index (χ3v) is 2.88. The van der Waals surface area contributed by atoms with Gasteiger partial charge in [-0.1, -0.05) is 13.8 Å². The van der Waals surface area contributed by atoms with Crippen LogP contribution in [0.5, 0.6) is 0 Å². The van der Waals surface area contributed by atoms with Crippen molar-refractivity contribution >= 4 is 33.2 Å². The van der Waals surface area contributed by atoms with Crippen molar-refractivity contribution in [2.45, 2.75) is 13.8 Å². The quantitative estimate of drug-likeness (QED) is 0.817. The Kier molecular flexibility index (Phi) is 4.81. The average molecular weight is 300 g/mol. The maximum Gasteiger partial charge on any atom is 0.236 e. The lowest BCUT2D eigenvalue weighted by Crippen LogP contribution is -2.36. The molecule has 0 saturated carbocycles. The van der Waals surface area contributed by atoms with Crippen molar-refractivity contribution in [3.63, 3.8) is 0 Å². The smallest absolute Gasteiger partial charge is 0.236 e. The van der Waals surface area contributed by atoms with Gasteiger partial charge in [-0.15, -0.1) is 0 Å². The Bertz CT molecular complexity index is 407. The molecule has 17 heavy (non-hydrogen) atoms. The van der Waals surface area contributed by atoms with Crippen LogP contribution in [0.4, 0.5) is 11.4 Å². The van der Waals surface area contributed by atoms with Crippen molar-refractivity contribution in [1.29, 1.82) is 0 Å². The molecule has 0 heterocycles. The van der Waals surface area contributed by atoms with Crippen molar-refractivity contribution in [1.82, 2.24) is 0 Å². The molecule has 4 nitrogen and oxygen atoms in total. The lowest BCUT2D eigenvalue weighted by molar-refractivity contribution is -0.116. The molecule has 0 radical (unpaired) electrons. The zero-order valence-electron chi connectivity index (χ0n) is 10.1. The minimum Gasteiger partial charge on any atom is -0.399 e. The van der Waals surface area contributed by atoms with E-state index in [9.17, 15) is 4.79 Å². The van der Waals surface area contributed by atoms with E-state index >= 15 is 0 Å². The topological polar surface area (TPSA) is 72.3 Å². The molecule has 5 heteroatoms. The second kappa shape index (κ2) is 5.91. The number of carbonyl (C=O) groups is 1. The van der Waals surface area contributed by atoms with Gasteiger partial charge in [0.1, 0.15) is 0 Å². The molecule has 1 aromatic rings. The van der Waals surface area contributed by atoms with Gasteiger partial charge in [-0.25, -0.2) is 0 Å². The van der Waals surface area contributed by atoms with E-state index < -0.39 is 0 Å². The van der Waals surface area contributed by atoms with E-state index in [1.54, 1.807) is 0 Å². The van der Waals surface area contributed by atoms with Gasteiger partial charge in [-0.2, -0.15) is 0 Å². The second-order valence-corrected chi connectivity index (χ2v) is 5.31. The molecule has 0 unspecified atom stereocenters. The predicted molar refractivity (Wildman–Crippen MR) is 74.8 cm³/mol. The molecule has 0 bridgehead atoms. The van der Waals surface area contributed by atoms with Crippen LogP contribution >= 0.6 is 15.9 Å². The number of hydrogen-bond donors (Lipinski definition) is 2. The maximum absolute atomic E-state index is 11.1. The van der Waals surface area contributed by atoms with Gasteiger partial charge in [0.25, 0.3) is 0 Å². The third-order valence-electron chi connectivity index (χ3n) is 2.24. The number of halogens is 1. The molecule has 0 atom stereocenters. The molecule has 0 fully saturated rings. The molecule has 0 saturated heterocycles. The van der Waals surface area contributed by atoms with Crippen LogP contribution < -0.4 is 16.4 Å². The Balaban J connectivity index is 2.98. The predicted octanol–water partition coefficient (Wildman–Crippen LogP) is 1.98. The first-order chi connectivity index (χ1) is 7.90. The van der Waals surface area contributed by atoms with Gasteiger partial charge in [0, 0.05) is 16.7 Å². The van der Waals surface area contributed by atoms with Crippen molar-refractivity contribution in [2.24, 2.45) is 11.7 Å². The highest BCUT2D eigenvalue weighted by atomic mass is 79.9. The van der Waals surface area contributed by atoms with Crippen LogP contribution in [0.25, 0.3) is 0 Å². The number of rotatable bonds is 5. The van der Waals surface area contributed by atoms with E-state index in [1.165, 1.54) is 0 Å². The minimum absolute atomic E-state index is 0.209. The average Bonchev–Trinajstić information content (AvgIpc) is 2.14. The number of nitrogens with zero attached hydrogens (tertiary/aromatic N) is 1. The first-order valence-electron chi connectivity index (χ1n) is 5.48. The normalized spacial score (nSPS) is 10.6. The van der Waals surface area contributed by atoms with Crippen LogP contribution in [-0.2, 0) is 4.79 Å². The van der Waals surface area contributed by atoms with Crippen LogP contribution in [0.1, 0.15) is 13.8 Å². The lowest BCUT2D eigenvalue weighted by atomic mass is 10.2. The summed E-state index contributed by atoms with van der Waals surface area (Å²) in [7, 11) is 0. The second-order valence-electron chi connectivity index (χ2n) is 4.45. The molecule has 94 valence electrons. The van der Waals surface area contributed by atoms with E-state index in [0.717, 1.165) is 16.7 Å². The van der Waals surface area contributed by atoms with Crippen molar-refractivity contribution in [3.8, 4) is 0 Å². The monoisotopic (exact) mass is 299 g/mol. The van der Waals surface area contributed by atoms with Crippen LogP contribution in [0.2, 0.25) is 0 Å². The zero-order chi connectivity index (χ0) is 13.0. The fourth-order valence-electron chi connectivity index (χ4n) is 1.66. The number of nitrogens with two attached hydrogens (primary N) is 2. The molecule has 1 amide bonds. The Morgan fingerprint density at radius 2 is 2.12 bits per heavy atom. The standard InChI is InChI=1S/C12H18BrN3O/c1-8(2)6-16(7-12(15)17)11-4-3-9(14)5-10(11)13/h3-5,8H,6-7,14H2,1-2H3,(H2,15,17). The number of nitrogen functional groups attached to an aromatic ring is 1. The SMILES string of the molecule is CC(C)CN(CC(N)=O)c1ccc(N)cc1Br. The fraction of sp³-hybridized carbons (Fsp3) is 0.417. The Hall–Kier alpha value is -1.23. The summed E-state index contributed by atoms with van der Waals surface area (Å²) in [6.45, 7) is 5.17. The fourth-order valence-corrected chi connectivity index (χ4v) is 2.30. The molecular formula is C12H18BrN3O. The molecule has 1 aromatic carbocycles. The van der Waals surface area contributed by atoms with Gasteiger partial charge < -0.3 is 16.4 Å². The number of benzene rings is 1. The summed E-state index contributed by atoms with van der Waals surface area (Å²) in [6.07, 6.45) is 0. The summed E-state index contributed by atoms with van der Waals surface area (Å²) >= 11 is 3.45. The van der Waals surface area contributed by atoms with E-state index in [1.807, 2.05) is 23.1 Å². The first-order valence-corrected chi connectivity index (χ1v) is 6.27. The molecular weight excluding hydrogens is 282 g/mol.